The highest BCUT2D eigenvalue weighted by Crippen LogP contribution is 2.32. The number of hydrogen-bond acceptors (Lipinski definition) is 8. The van der Waals surface area contributed by atoms with Crippen molar-refractivity contribution in [3.63, 3.8) is 0 Å². The van der Waals surface area contributed by atoms with Gasteiger partial charge in [-0.05, 0) is 54.6 Å². The zero-order valence-electron chi connectivity index (χ0n) is 23.4. The van der Waals surface area contributed by atoms with Gasteiger partial charge in [0.1, 0.15) is 0 Å². The Bertz CT molecular complexity index is 1310. The topological polar surface area (TPSA) is 120 Å². The number of halogens is 2. The predicted molar refractivity (Wildman–Crippen MR) is 164 cm³/mol. The van der Waals surface area contributed by atoms with Crippen LogP contribution in [-0.2, 0) is 16.1 Å². The molecule has 1 aromatic heterocycles. The van der Waals surface area contributed by atoms with Crippen molar-refractivity contribution in [2.24, 2.45) is 11.7 Å². The summed E-state index contributed by atoms with van der Waals surface area (Å²) in [5, 5.41) is 4.83. The van der Waals surface area contributed by atoms with E-state index in [-0.39, 0.29) is 17.6 Å². The zero-order chi connectivity index (χ0) is 29.8. The van der Waals surface area contributed by atoms with Crippen LogP contribution in [0.2, 0.25) is 10.0 Å². The number of primary amides is 1. The average Bonchev–Trinajstić information content (AvgIpc) is 2.97. The van der Waals surface area contributed by atoms with Crippen molar-refractivity contribution in [1.82, 2.24) is 20.2 Å². The van der Waals surface area contributed by atoms with Crippen LogP contribution in [0.1, 0.15) is 25.3 Å². The van der Waals surface area contributed by atoms with Gasteiger partial charge in [-0.1, -0.05) is 53.2 Å². The molecule has 3 N–H and O–H groups in total. The zero-order valence-corrected chi connectivity index (χ0v) is 25.7. The van der Waals surface area contributed by atoms with E-state index in [0.717, 1.165) is 49.2 Å². The van der Waals surface area contributed by atoms with Crippen LogP contribution < -0.4 is 20.5 Å². The molecule has 3 aromatic rings. The van der Waals surface area contributed by atoms with Gasteiger partial charge in [-0.3, -0.25) is 14.5 Å². The minimum Gasteiger partial charge on any atom is -0.493 e. The lowest BCUT2D eigenvalue weighted by Gasteiger charge is -2.33. The van der Waals surface area contributed by atoms with Crippen LogP contribution >= 0.6 is 35.0 Å². The summed E-state index contributed by atoms with van der Waals surface area (Å²) in [6.07, 6.45) is 5.68. The Labute approximate surface area is 255 Å². The largest absolute Gasteiger partial charge is 0.493 e. The Morgan fingerprint density at radius 3 is 2.49 bits per heavy atom. The molecule has 0 bridgehead atoms. The number of carbonyl (C=O) groups is 2. The average molecular weight is 621 g/mol. The third-order valence-electron chi connectivity index (χ3n) is 6.29. The number of hydrogen-bond donors (Lipinski definition) is 2. The molecule has 0 spiro atoms. The highest BCUT2D eigenvalue weighted by molar-refractivity contribution is 7.99. The quantitative estimate of drug-likeness (QED) is 0.238. The lowest BCUT2D eigenvalue weighted by Crippen LogP contribution is -2.41. The molecule has 4 rings (SSSR count). The Morgan fingerprint density at radius 1 is 1.10 bits per heavy atom. The third kappa shape index (κ3) is 10.4. The van der Waals surface area contributed by atoms with E-state index in [1.807, 2.05) is 30.3 Å². The van der Waals surface area contributed by atoms with Crippen LogP contribution in [0.3, 0.4) is 0 Å². The molecule has 1 aliphatic rings. The summed E-state index contributed by atoms with van der Waals surface area (Å²) in [4.78, 5) is 32.9. The maximum absolute atomic E-state index is 12.5. The van der Waals surface area contributed by atoms with Crippen LogP contribution in [0.15, 0.2) is 53.9 Å². The fourth-order valence-electron chi connectivity index (χ4n) is 4.37. The van der Waals surface area contributed by atoms with Gasteiger partial charge in [-0.2, -0.15) is 0 Å². The first-order chi connectivity index (χ1) is 19.7. The summed E-state index contributed by atoms with van der Waals surface area (Å²) >= 11 is 13.8. The molecule has 41 heavy (non-hydrogen) atoms. The molecule has 2 heterocycles. The number of methoxy groups -OCH3 is 2. The van der Waals surface area contributed by atoms with Gasteiger partial charge in [0.2, 0.25) is 11.8 Å². The van der Waals surface area contributed by atoms with Crippen molar-refractivity contribution in [1.29, 1.82) is 0 Å². The second kappa shape index (κ2) is 16.4. The molecule has 0 aliphatic carbocycles. The van der Waals surface area contributed by atoms with E-state index in [1.165, 1.54) is 18.7 Å². The number of nitrogens with zero attached hydrogens (tertiary/aromatic N) is 3. The molecule has 1 aliphatic heterocycles. The molecular weight excluding hydrogens is 585 g/mol. The van der Waals surface area contributed by atoms with Crippen molar-refractivity contribution < 1.29 is 19.1 Å². The number of amides is 2. The van der Waals surface area contributed by atoms with Crippen LogP contribution in [0.4, 0.5) is 0 Å². The van der Waals surface area contributed by atoms with Gasteiger partial charge < -0.3 is 20.5 Å². The number of piperidine rings is 1. The summed E-state index contributed by atoms with van der Waals surface area (Å²) < 4.78 is 10.7. The molecule has 1 fully saturated rings. The summed E-state index contributed by atoms with van der Waals surface area (Å²) in [5.41, 5.74) is 7.29. The summed E-state index contributed by atoms with van der Waals surface area (Å²) in [6, 6.07) is 11.4. The molecule has 1 unspecified atom stereocenters. The van der Waals surface area contributed by atoms with E-state index in [9.17, 15) is 9.59 Å². The minimum absolute atomic E-state index is 0.0208. The highest BCUT2D eigenvalue weighted by atomic mass is 35.5. The van der Waals surface area contributed by atoms with E-state index in [0.29, 0.717) is 39.2 Å². The summed E-state index contributed by atoms with van der Waals surface area (Å²) in [7, 11) is 3.20. The van der Waals surface area contributed by atoms with Crippen LogP contribution in [-0.4, -0.2) is 66.3 Å². The number of likely N-dealkylation sites (tertiary alicyclic amines) is 1. The molecule has 1 saturated heterocycles. The van der Waals surface area contributed by atoms with Crippen molar-refractivity contribution in [2.75, 3.05) is 39.6 Å². The van der Waals surface area contributed by atoms with Gasteiger partial charge in [0.05, 0.1) is 30.0 Å². The number of nitrogens with one attached hydrogen (secondary N) is 1. The number of ether oxygens (including phenoxy) is 2. The van der Waals surface area contributed by atoms with Crippen LogP contribution in [0, 0.1) is 5.92 Å². The molecule has 1 atom stereocenters. The molecule has 0 radical (unpaired) electrons. The number of thioether (sulfide) groups is 1. The highest BCUT2D eigenvalue weighted by Gasteiger charge is 2.21. The van der Waals surface area contributed by atoms with E-state index in [1.54, 1.807) is 32.7 Å². The number of rotatable bonds is 10. The molecule has 9 nitrogen and oxygen atoms in total. The molecule has 0 saturated carbocycles. The number of carbonyl (C=O) groups excluding carboxylic acids is 2. The fourth-order valence-corrected chi connectivity index (χ4v) is 5.36. The van der Waals surface area contributed by atoms with Gasteiger partial charge >= 0.3 is 0 Å². The first kappa shape index (κ1) is 32.5. The number of aromatic nitrogens is 2. The van der Waals surface area contributed by atoms with E-state index in [4.69, 9.17) is 32.7 Å². The van der Waals surface area contributed by atoms with Gasteiger partial charge in [-0.25, -0.2) is 9.97 Å². The summed E-state index contributed by atoms with van der Waals surface area (Å²) in [6.45, 7) is 4.64. The summed E-state index contributed by atoms with van der Waals surface area (Å²) in [5.74, 6) is 1.62. The molecule has 12 heteroatoms. The Hall–Kier alpha value is -3.05. The maximum Gasteiger partial charge on any atom is 0.230 e. The van der Waals surface area contributed by atoms with Gasteiger partial charge in [0.15, 0.2) is 16.7 Å². The van der Waals surface area contributed by atoms with Crippen molar-refractivity contribution in [3.05, 3.63) is 64.4 Å². The molecule has 220 valence electrons. The number of benzene rings is 2. The van der Waals surface area contributed by atoms with Crippen molar-refractivity contribution in [3.8, 4) is 22.6 Å². The first-order valence-electron chi connectivity index (χ1n) is 13.0. The maximum atomic E-state index is 12.5. The van der Waals surface area contributed by atoms with Crippen LogP contribution in [0.5, 0.6) is 11.5 Å². The van der Waals surface area contributed by atoms with E-state index < -0.39 is 0 Å². The van der Waals surface area contributed by atoms with Gasteiger partial charge in [0, 0.05) is 44.5 Å². The molecule has 2 amide bonds. The Morgan fingerprint density at radius 2 is 1.80 bits per heavy atom. The smallest absolute Gasteiger partial charge is 0.230 e. The normalized spacial score (nSPS) is 14.9. The Balaban J connectivity index is 0.00000108. The van der Waals surface area contributed by atoms with Gasteiger partial charge in [0.25, 0.3) is 0 Å². The predicted octanol–water partition coefficient (Wildman–Crippen LogP) is 5.08. The first-order valence-corrected chi connectivity index (χ1v) is 14.8. The van der Waals surface area contributed by atoms with E-state index >= 15 is 0 Å². The third-order valence-corrected chi connectivity index (χ3v) is 8.03. The number of nitrogens with two attached hydrogens (primary N) is 1. The van der Waals surface area contributed by atoms with Crippen molar-refractivity contribution >= 4 is 46.8 Å². The van der Waals surface area contributed by atoms with Crippen LogP contribution in [0.25, 0.3) is 11.1 Å². The van der Waals surface area contributed by atoms with Crippen molar-refractivity contribution in [2.45, 2.75) is 31.5 Å². The SMILES string of the molecule is CC(N)=O.COc1ccc(-c2cnc(SCC(=O)NCC3CCCN(Cc4cccc(Cl)c4Cl)C3)nc2)cc1OC. The second-order valence-corrected chi connectivity index (χ2v) is 11.2. The van der Waals surface area contributed by atoms with Gasteiger partial charge in [-0.15, -0.1) is 0 Å². The Kier molecular flexibility index (Phi) is 13.0. The minimum atomic E-state index is -0.333. The standard InChI is InChI=1S/C27H30Cl2N4O3S.C2H5NO/c1-35-23-9-8-19(11-24(23)36-2)21-13-31-27(32-14-21)37-17-25(34)30-12-18-5-4-10-33(15-18)16-20-6-3-7-22(28)26(20)29;1-2(3)4/h3,6-9,11,13-14,18H,4-5,10,12,15-17H2,1-2H3,(H,30,34);1H3,(H2,3,4). The van der Waals surface area contributed by atoms with E-state index in [2.05, 4.69) is 25.9 Å². The second-order valence-electron chi connectivity index (χ2n) is 9.48. The lowest BCUT2D eigenvalue weighted by atomic mass is 9.97. The molecule has 2 aromatic carbocycles. The fraction of sp³-hybridized carbons (Fsp3) is 0.379. The monoisotopic (exact) mass is 619 g/mol. The lowest BCUT2D eigenvalue weighted by molar-refractivity contribution is -0.119. The molecular formula is C29H35Cl2N5O4S.